The van der Waals surface area contributed by atoms with Crippen LogP contribution in [-0.4, -0.2) is 30.1 Å². The van der Waals surface area contributed by atoms with Crippen LogP contribution in [-0.2, 0) is 11.3 Å². The third kappa shape index (κ3) is 3.24. The number of benzene rings is 1. The van der Waals surface area contributed by atoms with Gasteiger partial charge in [-0.2, -0.15) is 0 Å². The van der Waals surface area contributed by atoms with Crippen LogP contribution in [0.5, 0.6) is 0 Å². The highest BCUT2D eigenvalue weighted by Gasteiger charge is 2.28. The van der Waals surface area contributed by atoms with Crippen molar-refractivity contribution in [2.75, 3.05) is 13.2 Å². The second kappa shape index (κ2) is 6.96. The molecule has 0 aliphatic carbocycles. The van der Waals surface area contributed by atoms with Gasteiger partial charge in [0.15, 0.2) is 5.76 Å². The predicted molar refractivity (Wildman–Crippen MR) is 93.3 cm³/mol. The molecule has 2 aromatic heterocycles. The maximum atomic E-state index is 13.5. The molecule has 0 N–H and O–H groups in total. The number of hydrogen-bond donors (Lipinski definition) is 0. The zero-order valence-corrected chi connectivity index (χ0v) is 14.5. The van der Waals surface area contributed by atoms with Crippen LogP contribution in [0.3, 0.4) is 0 Å². The van der Waals surface area contributed by atoms with Gasteiger partial charge in [0.2, 0.25) is 0 Å². The van der Waals surface area contributed by atoms with E-state index >= 15 is 0 Å². The molecule has 26 heavy (non-hydrogen) atoms. The summed E-state index contributed by atoms with van der Waals surface area (Å²) < 4.78 is 30.4. The van der Waals surface area contributed by atoms with Crippen molar-refractivity contribution in [3.63, 3.8) is 0 Å². The van der Waals surface area contributed by atoms with Crippen LogP contribution in [0, 0.1) is 12.7 Å². The average molecular weight is 357 g/mol. The van der Waals surface area contributed by atoms with Crippen LogP contribution < -0.4 is 0 Å². The van der Waals surface area contributed by atoms with E-state index in [1.54, 1.807) is 30.2 Å². The molecule has 1 aromatic carbocycles. The Bertz CT molecular complexity index is 909. The molecule has 0 spiro atoms. The van der Waals surface area contributed by atoms with E-state index in [4.69, 9.17) is 13.6 Å². The van der Waals surface area contributed by atoms with Crippen molar-refractivity contribution >= 4 is 16.9 Å². The van der Waals surface area contributed by atoms with E-state index in [0.717, 1.165) is 19.4 Å². The number of nitrogens with zero attached hydrogens (tertiary/aromatic N) is 1. The Morgan fingerprint density at radius 3 is 2.96 bits per heavy atom. The van der Waals surface area contributed by atoms with Gasteiger partial charge < -0.3 is 18.5 Å². The monoisotopic (exact) mass is 357 g/mol. The highest BCUT2D eigenvalue weighted by atomic mass is 19.1. The van der Waals surface area contributed by atoms with Crippen LogP contribution >= 0.6 is 0 Å². The fraction of sp³-hybridized carbons (Fsp3) is 0.350. The van der Waals surface area contributed by atoms with Crippen molar-refractivity contribution in [3.05, 3.63) is 59.5 Å². The Morgan fingerprint density at radius 2 is 2.23 bits per heavy atom. The lowest BCUT2D eigenvalue weighted by atomic mass is 10.1. The summed E-state index contributed by atoms with van der Waals surface area (Å²) in [4.78, 5) is 14.9. The standard InChI is InChI=1S/C20H20FNO4/c1-13-17-10-14(21)6-7-18(17)26-19(13)20(23)22(11-15-4-2-8-24-15)12-16-5-3-9-25-16/h2,4,6-8,10,16H,3,5,9,11-12H2,1H3/t16-/m0/s1. The molecule has 1 saturated heterocycles. The summed E-state index contributed by atoms with van der Waals surface area (Å²) in [6, 6.07) is 7.88. The molecule has 5 nitrogen and oxygen atoms in total. The number of ether oxygens (including phenoxy) is 1. The molecule has 6 heteroatoms. The minimum atomic E-state index is -0.354. The number of aryl methyl sites for hydroxylation is 1. The molecule has 4 rings (SSSR count). The molecule has 3 heterocycles. The fourth-order valence-corrected chi connectivity index (χ4v) is 3.38. The van der Waals surface area contributed by atoms with E-state index in [-0.39, 0.29) is 23.6 Å². The maximum Gasteiger partial charge on any atom is 0.290 e. The number of amides is 1. The first-order chi connectivity index (χ1) is 12.6. The molecule has 1 aliphatic heterocycles. The van der Waals surface area contributed by atoms with Crippen molar-refractivity contribution < 1.29 is 22.8 Å². The SMILES string of the molecule is Cc1c(C(=O)N(Cc2ccco2)C[C@@H]2CCCO2)oc2ccc(F)cc12. The Kier molecular flexibility index (Phi) is 4.51. The van der Waals surface area contributed by atoms with Crippen molar-refractivity contribution in [1.82, 2.24) is 4.90 Å². The van der Waals surface area contributed by atoms with Crippen molar-refractivity contribution in [2.45, 2.75) is 32.4 Å². The number of rotatable bonds is 5. The van der Waals surface area contributed by atoms with Crippen molar-refractivity contribution in [3.8, 4) is 0 Å². The fourth-order valence-electron chi connectivity index (χ4n) is 3.38. The van der Waals surface area contributed by atoms with Gasteiger partial charge in [-0.1, -0.05) is 0 Å². The minimum absolute atomic E-state index is 0.0102. The molecule has 1 aliphatic rings. The van der Waals surface area contributed by atoms with Gasteiger partial charge in [-0.15, -0.1) is 0 Å². The van der Waals surface area contributed by atoms with Crippen LogP contribution in [0.25, 0.3) is 11.0 Å². The molecule has 1 amide bonds. The average Bonchev–Trinajstić information content (AvgIpc) is 3.37. The molecule has 136 valence electrons. The molecular formula is C20H20FNO4. The van der Waals surface area contributed by atoms with E-state index in [1.165, 1.54) is 12.1 Å². The van der Waals surface area contributed by atoms with Gasteiger partial charge in [0.05, 0.1) is 18.9 Å². The van der Waals surface area contributed by atoms with Gasteiger partial charge in [0.25, 0.3) is 5.91 Å². The summed E-state index contributed by atoms with van der Waals surface area (Å²) in [5.41, 5.74) is 1.14. The first kappa shape index (κ1) is 16.8. The molecule has 0 radical (unpaired) electrons. The van der Waals surface area contributed by atoms with E-state index in [0.29, 0.717) is 35.4 Å². The lowest BCUT2D eigenvalue weighted by Gasteiger charge is -2.24. The van der Waals surface area contributed by atoms with E-state index in [9.17, 15) is 9.18 Å². The predicted octanol–water partition coefficient (Wildman–Crippen LogP) is 4.29. The van der Waals surface area contributed by atoms with E-state index in [2.05, 4.69) is 0 Å². The third-order valence-corrected chi connectivity index (χ3v) is 4.75. The van der Waals surface area contributed by atoms with Gasteiger partial charge in [-0.05, 0) is 50.1 Å². The zero-order valence-electron chi connectivity index (χ0n) is 14.5. The van der Waals surface area contributed by atoms with Gasteiger partial charge in [-0.25, -0.2) is 4.39 Å². The summed E-state index contributed by atoms with van der Waals surface area (Å²) in [6.07, 6.45) is 3.51. The van der Waals surface area contributed by atoms with Crippen LogP contribution in [0.2, 0.25) is 0 Å². The highest BCUT2D eigenvalue weighted by Crippen LogP contribution is 2.28. The summed E-state index contributed by atoms with van der Waals surface area (Å²) in [7, 11) is 0. The van der Waals surface area contributed by atoms with E-state index < -0.39 is 0 Å². The van der Waals surface area contributed by atoms with Crippen LogP contribution in [0.4, 0.5) is 4.39 Å². The minimum Gasteiger partial charge on any atom is -0.467 e. The number of halogens is 1. The number of furan rings is 2. The highest BCUT2D eigenvalue weighted by molar-refractivity contribution is 5.98. The van der Waals surface area contributed by atoms with Gasteiger partial charge in [0.1, 0.15) is 17.2 Å². The first-order valence-corrected chi connectivity index (χ1v) is 8.74. The smallest absolute Gasteiger partial charge is 0.290 e. The number of hydrogen-bond acceptors (Lipinski definition) is 4. The quantitative estimate of drug-likeness (QED) is 0.683. The molecule has 1 fully saturated rings. The Balaban J connectivity index is 1.65. The lowest BCUT2D eigenvalue weighted by Crippen LogP contribution is -2.37. The number of carbonyl (C=O) groups is 1. The Labute approximate surface area is 150 Å². The normalized spacial score (nSPS) is 17.1. The summed E-state index contributed by atoms with van der Waals surface area (Å²) in [5.74, 6) is 0.324. The Morgan fingerprint density at radius 1 is 1.35 bits per heavy atom. The lowest BCUT2D eigenvalue weighted by molar-refractivity contribution is 0.0469. The number of fused-ring (bicyclic) bond motifs is 1. The van der Waals surface area contributed by atoms with Gasteiger partial charge in [0, 0.05) is 24.1 Å². The zero-order chi connectivity index (χ0) is 18.1. The van der Waals surface area contributed by atoms with Crippen LogP contribution in [0.15, 0.2) is 45.4 Å². The maximum absolute atomic E-state index is 13.5. The van der Waals surface area contributed by atoms with E-state index in [1.807, 2.05) is 6.07 Å². The molecule has 0 unspecified atom stereocenters. The third-order valence-electron chi connectivity index (χ3n) is 4.75. The molecule has 0 saturated carbocycles. The first-order valence-electron chi connectivity index (χ1n) is 8.74. The topological polar surface area (TPSA) is 55.8 Å². The van der Waals surface area contributed by atoms with Gasteiger partial charge in [-0.3, -0.25) is 4.79 Å². The van der Waals surface area contributed by atoms with Gasteiger partial charge >= 0.3 is 0 Å². The summed E-state index contributed by atoms with van der Waals surface area (Å²) in [5, 5.41) is 0.614. The van der Waals surface area contributed by atoms with Crippen molar-refractivity contribution in [1.29, 1.82) is 0 Å². The largest absolute Gasteiger partial charge is 0.467 e. The van der Waals surface area contributed by atoms with Crippen LogP contribution in [0.1, 0.15) is 34.7 Å². The Hall–Kier alpha value is -2.60. The van der Waals surface area contributed by atoms with Crippen molar-refractivity contribution in [2.24, 2.45) is 0 Å². The molecule has 3 aromatic rings. The summed E-state index contributed by atoms with van der Waals surface area (Å²) in [6.45, 7) is 3.28. The summed E-state index contributed by atoms with van der Waals surface area (Å²) >= 11 is 0. The molecule has 0 bridgehead atoms. The molecular weight excluding hydrogens is 337 g/mol. The number of carbonyl (C=O) groups excluding carboxylic acids is 1. The second-order valence-corrected chi connectivity index (χ2v) is 6.60. The second-order valence-electron chi connectivity index (χ2n) is 6.60. The molecule has 1 atom stereocenters.